The SMILES string of the molecule is CC(Cl)c1nc2cc(Br)ccc2n1-c1ccn(C)n1. The largest absolute Gasteiger partial charge is 0.278 e. The van der Waals surface area contributed by atoms with Crippen molar-refractivity contribution in [1.29, 1.82) is 0 Å². The topological polar surface area (TPSA) is 35.6 Å². The van der Waals surface area contributed by atoms with E-state index in [0.29, 0.717) is 0 Å². The summed E-state index contributed by atoms with van der Waals surface area (Å²) < 4.78 is 4.77. The van der Waals surface area contributed by atoms with Crippen molar-refractivity contribution in [1.82, 2.24) is 19.3 Å². The highest BCUT2D eigenvalue weighted by atomic mass is 79.9. The van der Waals surface area contributed by atoms with Crippen LogP contribution in [0.3, 0.4) is 0 Å². The predicted molar refractivity (Wildman–Crippen MR) is 79.8 cm³/mol. The quantitative estimate of drug-likeness (QED) is 0.665. The lowest BCUT2D eigenvalue weighted by molar-refractivity contribution is 0.744. The van der Waals surface area contributed by atoms with Crippen LogP contribution >= 0.6 is 27.5 Å². The van der Waals surface area contributed by atoms with E-state index >= 15 is 0 Å². The average molecular weight is 340 g/mol. The molecule has 0 fully saturated rings. The predicted octanol–water partition coefficient (Wildman–Crippen LogP) is 3.82. The zero-order valence-electron chi connectivity index (χ0n) is 10.5. The number of halogens is 2. The summed E-state index contributed by atoms with van der Waals surface area (Å²) in [6.45, 7) is 1.91. The summed E-state index contributed by atoms with van der Waals surface area (Å²) in [6, 6.07) is 7.94. The van der Waals surface area contributed by atoms with E-state index in [4.69, 9.17) is 11.6 Å². The highest BCUT2D eigenvalue weighted by molar-refractivity contribution is 9.10. The van der Waals surface area contributed by atoms with E-state index in [9.17, 15) is 0 Å². The fourth-order valence-electron chi connectivity index (χ4n) is 2.10. The third-order valence-electron chi connectivity index (χ3n) is 2.93. The summed E-state index contributed by atoms with van der Waals surface area (Å²) >= 11 is 9.71. The first-order chi connectivity index (χ1) is 9.06. The lowest BCUT2D eigenvalue weighted by atomic mass is 10.3. The molecule has 0 radical (unpaired) electrons. The Morgan fingerprint density at radius 2 is 2.11 bits per heavy atom. The zero-order chi connectivity index (χ0) is 13.6. The van der Waals surface area contributed by atoms with Crippen LogP contribution in [0.1, 0.15) is 18.1 Å². The van der Waals surface area contributed by atoms with Gasteiger partial charge in [0.2, 0.25) is 0 Å². The summed E-state index contributed by atoms with van der Waals surface area (Å²) in [5.41, 5.74) is 1.91. The number of fused-ring (bicyclic) bond motifs is 1. The minimum Gasteiger partial charge on any atom is -0.278 e. The molecule has 1 aromatic carbocycles. The van der Waals surface area contributed by atoms with Crippen LogP contribution in [0.4, 0.5) is 0 Å². The van der Waals surface area contributed by atoms with Gasteiger partial charge in [0, 0.05) is 23.8 Å². The summed E-state index contributed by atoms with van der Waals surface area (Å²) in [4.78, 5) is 4.61. The zero-order valence-corrected chi connectivity index (χ0v) is 12.9. The molecule has 0 spiro atoms. The maximum Gasteiger partial charge on any atom is 0.160 e. The van der Waals surface area contributed by atoms with Gasteiger partial charge in [0.1, 0.15) is 5.82 Å². The van der Waals surface area contributed by atoms with Gasteiger partial charge >= 0.3 is 0 Å². The van der Waals surface area contributed by atoms with E-state index in [1.807, 2.05) is 49.0 Å². The van der Waals surface area contributed by atoms with E-state index in [-0.39, 0.29) is 5.38 Å². The first kappa shape index (κ1) is 12.7. The van der Waals surface area contributed by atoms with E-state index in [2.05, 4.69) is 26.0 Å². The fourth-order valence-corrected chi connectivity index (χ4v) is 2.60. The van der Waals surface area contributed by atoms with E-state index in [1.54, 1.807) is 4.68 Å². The molecule has 0 bridgehead atoms. The van der Waals surface area contributed by atoms with Crippen LogP contribution in [0.2, 0.25) is 0 Å². The first-order valence-corrected chi connectivity index (χ1v) is 7.11. The molecule has 0 saturated heterocycles. The van der Waals surface area contributed by atoms with Crippen LogP contribution in [0.15, 0.2) is 34.9 Å². The third-order valence-corrected chi connectivity index (χ3v) is 3.62. The third kappa shape index (κ3) is 2.17. The Kier molecular flexibility index (Phi) is 3.11. The Hall–Kier alpha value is -1.33. The highest BCUT2D eigenvalue weighted by Crippen LogP contribution is 2.28. The molecule has 0 saturated carbocycles. The van der Waals surface area contributed by atoms with Gasteiger partial charge in [-0.25, -0.2) is 4.98 Å². The van der Waals surface area contributed by atoms with Crippen molar-refractivity contribution < 1.29 is 0 Å². The number of imidazole rings is 1. The summed E-state index contributed by atoms with van der Waals surface area (Å²) in [5, 5.41) is 4.25. The Bertz CT molecular complexity index is 744. The number of alkyl halides is 1. The van der Waals surface area contributed by atoms with Gasteiger partial charge in [-0.2, -0.15) is 5.10 Å². The lowest BCUT2D eigenvalue weighted by Crippen LogP contribution is -2.03. The number of aryl methyl sites for hydroxylation is 1. The van der Waals surface area contributed by atoms with Crippen molar-refractivity contribution in [3.63, 3.8) is 0 Å². The number of benzene rings is 1. The van der Waals surface area contributed by atoms with Gasteiger partial charge in [-0.1, -0.05) is 15.9 Å². The van der Waals surface area contributed by atoms with Crippen molar-refractivity contribution in [3.8, 4) is 5.82 Å². The molecule has 2 heterocycles. The second-order valence-corrected chi connectivity index (χ2v) is 5.97. The van der Waals surface area contributed by atoms with Gasteiger partial charge < -0.3 is 0 Å². The molecule has 19 heavy (non-hydrogen) atoms. The Morgan fingerprint density at radius 1 is 1.32 bits per heavy atom. The molecule has 0 aliphatic heterocycles. The number of nitrogens with zero attached hydrogens (tertiary/aromatic N) is 4. The molecule has 0 aliphatic carbocycles. The van der Waals surface area contributed by atoms with Crippen molar-refractivity contribution in [3.05, 3.63) is 40.8 Å². The molecule has 0 amide bonds. The van der Waals surface area contributed by atoms with E-state index < -0.39 is 0 Å². The van der Waals surface area contributed by atoms with Crippen LogP contribution < -0.4 is 0 Å². The maximum atomic E-state index is 6.25. The van der Waals surface area contributed by atoms with E-state index in [1.165, 1.54) is 0 Å². The summed E-state index contributed by atoms with van der Waals surface area (Å²) in [6.07, 6.45) is 1.91. The monoisotopic (exact) mass is 338 g/mol. The second-order valence-electron chi connectivity index (χ2n) is 4.40. The molecule has 1 atom stereocenters. The van der Waals surface area contributed by atoms with E-state index in [0.717, 1.165) is 27.1 Å². The van der Waals surface area contributed by atoms with Crippen LogP contribution in [0.25, 0.3) is 16.9 Å². The highest BCUT2D eigenvalue weighted by Gasteiger charge is 2.17. The molecule has 3 rings (SSSR count). The lowest BCUT2D eigenvalue weighted by Gasteiger charge is -2.07. The molecule has 4 nitrogen and oxygen atoms in total. The minimum absolute atomic E-state index is 0.187. The van der Waals surface area contributed by atoms with Crippen molar-refractivity contribution in [2.45, 2.75) is 12.3 Å². The molecule has 6 heteroatoms. The maximum absolute atomic E-state index is 6.25. The normalized spacial score (nSPS) is 13.1. The molecular weight excluding hydrogens is 328 g/mol. The smallest absolute Gasteiger partial charge is 0.160 e. The van der Waals surface area contributed by atoms with Crippen molar-refractivity contribution in [2.24, 2.45) is 7.05 Å². The molecule has 0 aliphatic rings. The number of rotatable bonds is 2. The molecule has 1 unspecified atom stereocenters. The number of hydrogen-bond acceptors (Lipinski definition) is 2. The Labute approximate surface area is 124 Å². The molecule has 0 N–H and O–H groups in total. The molecule has 3 aromatic rings. The molecule has 2 aromatic heterocycles. The number of aromatic nitrogens is 4. The number of hydrogen-bond donors (Lipinski definition) is 0. The standard InChI is InChI=1S/C13H12BrClN4/c1-8(15)13-16-10-7-9(14)3-4-11(10)19(13)12-5-6-18(2)17-12/h3-8H,1-2H3. The van der Waals surface area contributed by atoms with Crippen LogP contribution in [-0.2, 0) is 7.05 Å². The summed E-state index contributed by atoms with van der Waals surface area (Å²) in [5.74, 6) is 1.63. The molecular formula is C13H12BrClN4. The fraction of sp³-hybridized carbons (Fsp3) is 0.231. The summed E-state index contributed by atoms with van der Waals surface area (Å²) in [7, 11) is 1.89. The Morgan fingerprint density at radius 3 is 2.74 bits per heavy atom. The van der Waals surface area contributed by atoms with Crippen LogP contribution in [0, 0.1) is 0 Å². The van der Waals surface area contributed by atoms with Gasteiger partial charge in [0.05, 0.1) is 16.4 Å². The van der Waals surface area contributed by atoms with Gasteiger partial charge in [-0.3, -0.25) is 9.25 Å². The second kappa shape index (κ2) is 4.65. The van der Waals surface area contributed by atoms with Gasteiger partial charge in [0.25, 0.3) is 0 Å². The van der Waals surface area contributed by atoms with Crippen molar-refractivity contribution >= 4 is 38.6 Å². The van der Waals surface area contributed by atoms with Crippen LogP contribution in [0.5, 0.6) is 0 Å². The minimum atomic E-state index is -0.187. The first-order valence-electron chi connectivity index (χ1n) is 5.88. The Balaban J connectivity index is 2.34. The van der Waals surface area contributed by atoms with Gasteiger partial charge in [-0.15, -0.1) is 11.6 Å². The van der Waals surface area contributed by atoms with Gasteiger partial charge in [0.15, 0.2) is 5.82 Å². The average Bonchev–Trinajstić information content (AvgIpc) is 2.91. The van der Waals surface area contributed by atoms with Gasteiger partial charge in [-0.05, 0) is 25.1 Å². The molecule has 98 valence electrons. The van der Waals surface area contributed by atoms with Crippen LogP contribution in [-0.4, -0.2) is 19.3 Å². The van der Waals surface area contributed by atoms with Crippen molar-refractivity contribution in [2.75, 3.05) is 0 Å².